The molecule has 0 aliphatic heterocycles. The number of aromatic nitrogens is 3. The summed E-state index contributed by atoms with van der Waals surface area (Å²) >= 11 is 0. The first-order valence-corrected chi connectivity index (χ1v) is 15.4. The standard InChI is InChI=1S/C43H29N3/c1-3-11-30(12-4-1)32-21-23-34(24-22-32)40-29-41(36-17-9-16-35(27-36)31-13-5-2-6-14-31)46-43(45-40)38-19-10-18-37(28-38)42-39-20-8-7-15-33(39)25-26-44-42/h1-29H. The smallest absolute Gasteiger partial charge is 0.160 e. The van der Waals surface area contributed by atoms with Gasteiger partial charge in [0.2, 0.25) is 0 Å². The molecular weight excluding hydrogens is 558 g/mol. The predicted molar refractivity (Wildman–Crippen MR) is 190 cm³/mol. The van der Waals surface area contributed by atoms with Gasteiger partial charge in [0, 0.05) is 33.8 Å². The van der Waals surface area contributed by atoms with Crippen LogP contribution >= 0.6 is 0 Å². The number of nitrogens with zero attached hydrogens (tertiary/aromatic N) is 3. The fourth-order valence-electron chi connectivity index (χ4n) is 5.98. The van der Waals surface area contributed by atoms with Gasteiger partial charge in [0.1, 0.15) is 0 Å². The first kappa shape index (κ1) is 27.4. The lowest BCUT2D eigenvalue weighted by molar-refractivity contribution is 1.18. The highest BCUT2D eigenvalue weighted by atomic mass is 14.9. The molecule has 3 nitrogen and oxygen atoms in total. The molecule has 0 radical (unpaired) electrons. The number of benzene rings is 6. The molecule has 8 aromatic rings. The highest BCUT2D eigenvalue weighted by Gasteiger charge is 2.14. The summed E-state index contributed by atoms with van der Waals surface area (Å²) in [6.07, 6.45) is 1.87. The fourth-order valence-corrected chi connectivity index (χ4v) is 5.98. The number of fused-ring (bicyclic) bond motifs is 1. The van der Waals surface area contributed by atoms with E-state index >= 15 is 0 Å². The predicted octanol–water partition coefficient (Wildman–Crippen LogP) is 11.0. The summed E-state index contributed by atoms with van der Waals surface area (Å²) in [5.74, 6) is 0.673. The minimum absolute atomic E-state index is 0.673. The van der Waals surface area contributed by atoms with Gasteiger partial charge in [-0.15, -0.1) is 0 Å². The first-order chi connectivity index (χ1) is 22.8. The molecular formula is C43H29N3. The lowest BCUT2D eigenvalue weighted by atomic mass is 9.99. The summed E-state index contributed by atoms with van der Waals surface area (Å²) in [6, 6.07) is 59.0. The highest BCUT2D eigenvalue weighted by molar-refractivity contribution is 5.95. The molecule has 0 saturated carbocycles. The SMILES string of the molecule is c1ccc(-c2ccc(-c3cc(-c4cccc(-c5ccccc5)c4)nc(-c4cccc(-c5nccc6ccccc56)c4)n3)cc2)cc1. The largest absolute Gasteiger partial charge is 0.256 e. The van der Waals surface area contributed by atoms with Crippen molar-refractivity contribution in [1.29, 1.82) is 0 Å². The molecule has 0 unspecified atom stereocenters. The van der Waals surface area contributed by atoms with E-state index in [0.29, 0.717) is 5.82 Å². The highest BCUT2D eigenvalue weighted by Crippen LogP contribution is 2.33. The van der Waals surface area contributed by atoms with Gasteiger partial charge in [0.25, 0.3) is 0 Å². The van der Waals surface area contributed by atoms with Gasteiger partial charge >= 0.3 is 0 Å². The van der Waals surface area contributed by atoms with Crippen LogP contribution in [0, 0.1) is 0 Å². The van der Waals surface area contributed by atoms with Gasteiger partial charge in [0.05, 0.1) is 17.1 Å². The van der Waals surface area contributed by atoms with Crippen molar-refractivity contribution in [2.75, 3.05) is 0 Å². The average molecular weight is 588 g/mol. The van der Waals surface area contributed by atoms with Crippen molar-refractivity contribution in [2.24, 2.45) is 0 Å². The lowest BCUT2D eigenvalue weighted by Crippen LogP contribution is -1.97. The molecule has 2 heterocycles. The van der Waals surface area contributed by atoms with E-state index in [1.807, 2.05) is 24.4 Å². The lowest BCUT2D eigenvalue weighted by Gasteiger charge is -2.12. The van der Waals surface area contributed by atoms with Crippen LogP contribution in [0.3, 0.4) is 0 Å². The van der Waals surface area contributed by atoms with Crippen LogP contribution in [0.25, 0.3) is 78.2 Å². The van der Waals surface area contributed by atoms with Crippen LogP contribution in [0.15, 0.2) is 176 Å². The van der Waals surface area contributed by atoms with E-state index in [-0.39, 0.29) is 0 Å². The molecule has 0 aliphatic rings. The molecule has 6 aromatic carbocycles. The fraction of sp³-hybridized carbons (Fsp3) is 0. The second-order valence-electron chi connectivity index (χ2n) is 11.3. The minimum Gasteiger partial charge on any atom is -0.256 e. The molecule has 0 atom stereocenters. The van der Waals surface area contributed by atoms with Crippen LogP contribution in [-0.2, 0) is 0 Å². The van der Waals surface area contributed by atoms with Crippen molar-refractivity contribution in [1.82, 2.24) is 15.0 Å². The van der Waals surface area contributed by atoms with Crippen LogP contribution in [0.1, 0.15) is 0 Å². The molecule has 0 saturated heterocycles. The second kappa shape index (κ2) is 12.1. The summed E-state index contributed by atoms with van der Waals surface area (Å²) in [5.41, 5.74) is 11.4. The van der Waals surface area contributed by atoms with Crippen LogP contribution in [0.2, 0.25) is 0 Å². The van der Waals surface area contributed by atoms with E-state index in [0.717, 1.165) is 55.7 Å². The molecule has 0 fully saturated rings. The molecule has 0 spiro atoms. The third kappa shape index (κ3) is 5.47. The summed E-state index contributed by atoms with van der Waals surface area (Å²) in [7, 11) is 0. The van der Waals surface area contributed by atoms with Gasteiger partial charge in [0.15, 0.2) is 5.82 Å². The van der Waals surface area contributed by atoms with E-state index < -0.39 is 0 Å². The maximum Gasteiger partial charge on any atom is 0.160 e. The topological polar surface area (TPSA) is 38.7 Å². The van der Waals surface area contributed by atoms with Gasteiger partial charge in [-0.05, 0) is 51.9 Å². The van der Waals surface area contributed by atoms with Crippen molar-refractivity contribution >= 4 is 10.8 Å². The minimum atomic E-state index is 0.673. The normalized spacial score (nSPS) is 11.0. The van der Waals surface area contributed by atoms with Crippen LogP contribution in [-0.4, -0.2) is 15.0 Å². The van der Waals surface area contributed by atoms with Crippen molar-refractivity contribution in [3.63, 3.8) is 0 Å². The zero-order chi connectivity index (χ0) is 30.7. The van der Waals surface area contributed by atoms with Gasteiger partial charge < -0.3 is 0 Å². The zero-order valence-electron chi connectivity index (χ0n) is 25.1. The molecule has 0 N–H and O–H groups in total. The Morgan fingerprint density at radius 3 is 1.61 bits per heavy atom. The van der Waals surface area contributed by atoms with Crippen LogP contribution in [0.5, 0.6) is 0 Å². The molecule has 2 aromatic heterocycles. The van der Waals surface area contributed by atoms with Crippen LogP contribution < -0.4 is 0 Å². The van der Waals surface area contributed by atoms with Gasteiger partial charge in [-0.25, -0.2) is 9.97 Å². The monoisotopic (exact) mass is 587 g/mol. The zero-order valence-corrected chi connectivity index (χ0v) is 25.1. The van der Waals surface area contributed by atoms with Gasteiger partial charge in [-0.2, -0.15) is 0 Å². The number of pyridine rings is 1. The van der Waals surface area contributed by atoms with E-state index in [1.165, 1.54) is 16.7 Å². The summed E-state index contributed by atoms with van der Waals surface area (Å²) in [4.78, 5) is 15.1. The Hall–Kier alpha value is -6.19. The Morgan fingerprint density at radius 2 is 0.848 bits per heavy atom. The number of hydrogen-bond acceptors (Lipinski definition) is 3. The van der Waals surface area contributed by atoms with Gasteiger partial charge in [-0.3, -0.25) is 4.98 Å². The maximum absolute atomic E-state index is 5.16. The third-order valence-corrected chi connectivity index (χ3v) is 8.35. The molecule has 0 aliphatic carbocycles. The molecule has 46 heavy (non-hydrogen) atoms. The first-order valence-electron chi connectivity index (χ1n) is 15.4. The quantitative estimate of drug-likeness (QED) is 0.194. The number of rotatable bonds is 6. The molecule has 8 rings (SSSR count). The Balaban J connectivity index is 1.26. The Bertz CT molecular complexity index is 2290. The Morgan fingerprint density at radius 1 is 0.326 bits per heavy atom. The molecule has 3 heteroatoms. The number of hydrogen-bond donors (Lipinski definition) is 0. The Labute approximate surface area is 268 Å². The second-order valence-corrected chi connectivity index (χ2v) is 11.3. The Kier molecular flexibility index (Phi) is 7.18. The summed E-state index contributed by atoms with van der Waals surface area (Å²) in [6.45, 7) is 0. The average Bonchev–Trinajstić information content (AvgIpc) is 3.15. The summed E-state index contributed by atoms with van der Waals surface area (Å²) < 4.78 is 0. The third-order valence-electron chi connectivity index (χ3n) is 8.35. The molecule has 0 amide bonds. The van der Waals surface area contributed by atoms with E-state index in [9.17, 15) is 0 Å². The van der Waals surface area contributed by atoms with Gasteiger partial charge in [-0.1, -0.05) is 146 Å². The molecule has 216 valence electrons. The van der Waals surface area contributed by atoms with Crippen molar-refractivity contribution in [2.45, 2.75) is 0 Å². The van der Waals surface area contributed by atoms with Crippen LogP contribution in [0.4, 0.5) is 0 Å². The van der Waals surface area contributed by atoms with E-state index in [2.05, 4.69) is 152 Å². The molecule has 0 bridgehead atoms. The van der Waals surface area contributed by atoms with Crippen molar-refractivity contribution < 1.29 is 0 Å². The summed E-state index contributed by atoms with van der Waals surface area (Å²) in [5, 5.41) is 2.28. The van der Waals surface area contributed by atoms with E-state index in [4.69, 9.17) is 15.0 Å². The van der Waals surface area contributed by atoms with Crippen molar-refractivity contribution in [3.8, 4) is 67.4 Å². The maximum atomic E-state index is 5.16. The van der Waals surface area contributed by atoms with Crippen molar-refractivity contribution in [3.05, 3.63) is 176 Å². The van der Waals surface area contributed by atoms with E-state index in [1.54, 1.807) is 0 Å².